The third-order valence-corrected chi connectivity index (χ3v) is 6.48. The lowest BCUT2D eigenvalue weighted by molar-refractivity contribution is -0.141. The van der Waals surface area contributed by atoms with E-state index in [-0.39, 0.29) is 33.4 Å². The van der Waals surface area contributed by atoms with Gasteiger partial charge in [-0.1, -0.05) is 6.92 Å². The van der Waals surface area contributed by atoms with Crippen molar-refractivity contribution in [1.82, 2.24) is 29.1 Å². The number of aromatic nitrogens is 6. The molecule has 8 nitrogen and oxygen atoms in total. The zero-order valence-electron chi connectivity index (χ0n) is 17.0. The fourth-order valence-electron chi connectivity index (χ4n) is 3.01. The Morgan fingerprint density at radius 3 is 2.39 bits per heavy atom. The van der Waals surface area contributed by atoms with Gasteiger partial charge in [0.2, 0.25) is 0 Å². The highest BCUT2D eigenvalue weighted by Crippen LogP contribution is 2.31. The summed E-state index contributed by atoms with van der Waals surface area (Å²) in [4.78, 5) is 11.3. The van der Waals surface area contributed by atoms with Gasteiger partial charge in [-0.25, -0.2) is 23.1 Å². The first-order valence-corrected chi connectivity index (χ1v) is 11.0. The van der Waals surface area contributed by atoms with Gasteiger partial charge in [-0.2, -0.15) is 27.1 Å². The summed E-state index contributed by atoms with van der Waals surface area (Å²) in [5, 5.41) is 3.77. The molecule has 0 aromatic carbocycles. The van der Waals surface area contributed by atoms with E-state index in [1.54, 1.807) is 0 Å². The van der Waals surface area contributed by atoms with Crippen molar-refractivity contribution in [1.29, 1.82) is 0 Å². The maximum atomic E-state index is 13.5. The van der Waals surface area contributed by atoms with E-state index >= 15 is 0 Å². The van der Waals surface area contributed by atoms with E-state index in [2.05, 4.69) is 20.1 Å². The van der Waals surface area contributed by atoms with E-state index in [0.717, 1.165) is 23.1 Å². The largest absolute Gasteiger partial charge is 0.433 e. The Kier molecular flexibility index (Phi) is 5.22. The van der Waals surface area contributed by atoms with E-state index in [0.29, 0.717) is 6.92 Å². The lowest BCUT2D eigenvalue weighted by atomic mass is 10.3. The molecular weight excluding hydrogens is 471 g/mol. The molecule has 14 heteroatoms. The van der Waals surface area contributed by atoms with Gasteiger partial charge in [0.15, 0.2) is 9.84 Å². The number of hydrogen-bond donors (Lipinski definition) is 0. The number of alkyl halides is 5. The molecule has 0 saturated heterocycles. The maximum absolute atomic E-state index is 13.5. The van der Waals surface area contributed by atoms with Gasteiger partial charge >= 0.3 is 6.18 Å². The SMILES string of the molecule is CCS(=O)(=O)c1cc(-n2ccc(C(C)(F)F)n2)cnc1-c1cn2cnc(C(F)(F)F)cc2n1. The summed E-state index contributed by atoms with van der Waals surface area (Å²) in [6.07, 6.45) is -0.0303. The number of halogens is 5. The van der Waals surface area contributed by atoms with Crippen molar-refractivity contribution in [3.8, 4) is 17.1 Å². The fraction of sp³-hybridized carbons (Fsp3) is 0.263. The predicted molar refractivity (Wildman–Crippen MR) is 106 cm³/mol. The van der Waals surface area contributed by atoms with Crippen LogP contribution in [0.25, 0.3) is 22.7 Å². The van der Waals surface area contributed by atoms with Crippen LogP contribution in [0.4, 0.5) is 22.0 Å². The summed E-state index contributed by atoms with van der Waals surface area (Å²) in [5.41, 5.74) is -1.79. The molecule has 0 aliphatic rings. The number of imidazole rings is 1. The number of fused-ring (bicyclic) bond motifs is 1. The number of sulfone groups is 1. The molecule has 0 fully saturated rings. The van der Waals surface area contributed by atoms with Gasteiger partial charge in [-0.3, -0.25) is 9.38 Å². The third-order valence-electron chi connectivity index (χ3n) is 4.74. The van der Waals surface area contributed by atoms with Crippen molar-refractivity contribution in [2.24, 2.45) is 0 Å². The first kappa shape index (κ1) is 22.8. The van der Waals surface area contributed by atoms with E-state index in [4.69, 9.17) is 0 Å². The molecule has 0 saturated carbocycles. The average Bonchev–Trinajstić information content (AvgIpc) is 3.39. The van der Waals surface area contributed by atoms with Gasteiger partial charge in [0.1, 0.15) is 34.8 Å². The van der Waals surface area contributed by atoms with E-state index in [1.807, 2.05) is 0 Å². The van der Waals surface area contributed by atoms with Gasteiger partial charge in [0.05, 0.1) is 22.5 Å². The highest BCUT2D eigenvalue weighted by Gasteiger charge is 2.33. The third kappa shape index (κ3) is 4.29. The van der Waals surface area contributed by atoms with Crippen LogP contribution in [-0.4, -0.2) is 43.3 Å². The molecule has 0 unspecified atom stereocenters. The number of nitrogens with zero attached hydrogens (tertiary/aromatic N) is 6. The quantitative estimate of drug-likeness (QED) is 0.397. The molecule has 4 rings (SSSR count). The molecule has 174 valence electrons. The van der Waals surface area contributed by atoms with Gasteiger partial charge in [0.25, 0.3) is 5.92 Å². The summed E-state index contributed by atoms with van der Waals surface area (Å²) in [6, 6.07) is 3.02. The molecule has 0 aliphatic heterocycles. The summed E-state index contributed by atoms with van der Waals surface area (Å²) in [7, 11) is -3.89. The van der Waals surface area contributed by atoms with Crippen LogP contribution in [0, 0.1) is 0 Å². The Morgan fingerprint density at radius 1 is 1.06 bits per heavy atom. The van der Waals surface area contributed by atoms with Crippen molar-refractivity contribution < 1.29 is 30.4 Å². The smallest absolute Gasteiger partial charge is 0.290 e. The van der Waals surface area contributed by atoms with Gasteiger partial charge in [-0.05, 0) is 12.1 Å². The average molecular weight is 486 g/mol. The van der Waals surface area contributed by atoms with Crippen LogP contribution in [0.5, 0.6) is 0 Å². The van der Waals surface area contributed by atoms with Crippen molar-refractivity contribution in [3.63, 3.8) is 0 Å². The Labute approximate surface area is 183 Å². The summed E-state index contributed by atoms with van der Waals surface area (Å²) >= 11 is 0. The predicted octanol–water partition coefficient (Wildman–Crippen LogP) is 3.90. The second-order valence-electron chi connectivity index (χ2n) is 7.14. The van der Waals surface area contributed by atoms with E-state index in [1.165, 1.54) is 36.0 Å². The van der Waals surface area contributed by atoms with Crippen molar-refractivity contribution in [2.75, 3.05) is 5.75 Å². The molecule has 0 radical (unpaired) electrons. The molecule has 0 aliphatic carbocycles. The van der Waals surface area contributed by atoms with Crippen molar-refractivity contribution in [3.05, 3.63) is 54.5 Å². The normalized spacial score (nSPS) is 13.1. The van der Waals surface area contributed by atoms with E-state index in [9.17, 15) is 30.4 Å². The Bertz CT molecular complexity index is 1450. The van der Waals surface area contributed by atoms with Gasteiger partial charge < -0.3 is 0 Å². The Morgan fingerprint density at radius 2 is 1.79 bits per heavy atom. The van der Waals surface area contributed by atoms with Crippen molar-refractivity contribution >= 4 is 15.5 Å². The Balaban J connectivity index is 1.86. The topological polar surface area (TPSA) is 95.0 Å². The Hall–Kier alpha value is -3.42. The minimum absolute atomic E-state index is 0.00375. The minimum atomic E-state index is -4.68. The highest BCUT2D eigenvalue weighted by molar-refractivity contribution is 7.91. The monoisotopic (exact) mass is 486 g/mol. The maximum Gasteiger partial charge on any atom is 0.433 e. The molecule has 33 heavy (non-hydrogen) atoms. The van der Waals surface area contributed by atoms with Crippen LogP contribution >= 0.6 is 0 Å². The number of rotatable bonds is 5. The molecule has 0 atom stereocenters. The summed E-state index contributed by atoms with van der Waals surface area (Å²) in [6.45, 7) is 2.08. The number of pyridine rings is 1. The van der Waals surface area contributed by atoms with E-state index < -0.39 is 33.3 Å². The fourth-order valence-corrected chi connectivity index (χ4v) is 4.07. The lowest BCUT2D eigenvalue weighted by Gasteiger charge is -2.10. The first-order chi connectivity index (χ1) is 15.3. The lowest BCUT2D eigenvalue weighted by Crippen LogP contribution is -2.11. The first-order valence-electron chi connectivity index (χ1n) is 9.39. The summed E-state index contributed by atoms with van der Waals surface area (Å²) < 4.78 is 93.7. The molecule has 0 amide bonds. The second-order valence-corrected chi connectivity index (χ2v) is 9.39. The second kappa shape index (κ2) is 7.57. The standard InChI is InChI=1S/C19H15F5N6O2S/c1-3-33(31,32)13-6-11(30-5-4-14(28-30)18(2,20)21)8-25-17(13)12-9-29-10-26-15(19(22,23)24)7-16(29)27-12/h4-10H,3H2,1-2H3. The highest BCUT2D eigenvalue weighted by atomic mass is 32.2. The van der Waals surface area contributed by atoms with Crippen LogP contribution in [-0.2, 0) is 21.9 Å². The molecule has 0 spiro atoms. The molecule has 4 aromatic rings. The molecule has 4 heterocycles. The van der Waals surface area contributed by atoms with Gasteiger partial charge in [0, 0.05) is 25.4 Å². The zero-order valence-corrected chi connectivity index (χ0v) is 17.9. The van der Waals surface area contributed by atoms with Gasteiger partial charge in [-0.15, -0.1) is 0 Å². The number of hydrogen-bond acceptors (Lipinski definition) is 6. The van der Waals surface area contributed by atoms with Crippen molar-refractivity contribution in [2.45, 2.75) is 30.8 Å². The van der Waals surface area contributed by atoms with Crippen LogP contribution < -0.4 is 0 Å². The molecular formula is C19H15F5N6O2S. The molecule has 0 bridgehead atoms. The zero-order chi connectivity index (χ0) is 24.2. The van der Waals surface area contributed by atoms with Crippen LogP contribution in [0.15, 0.2) is 48.0 Å². The molecule has 4 aromatic heterocycles. The summed E-state index contributed by atoms with van der Waals surface area (Å²) in [5.74, 6) is -3.51. The van der Waals surface area contributed by atoms with Crippen LogP contribution in [0.3, 0.4) is 0 Å². The van der Waals surface area contributed by atoms with Crippen LogP contribution in [0.2, 0.25) is 0 Å². The molecule has 0 N–H and O–H groups in total. The minimum Gasteiger partial charge on any atom is -0.290 e. The van der Waals surface area contributed by atoms with Crippen LogP contribution in [0.1, 0.15) is 25.2 Å².